The molecule has 3 N–H and O–H groups in total. The zero-order chi connectivity index (χ0) is 22.7. The molecular weight excluding hydrogens is 418 g/mol. The van der Waals surface area contributed by atoms with Gasteiger partial charge in [0.2, 0.25) is 5.91 Å². The van der Waals surface area contributed by atoms with E-state index in [1.54, 1.807) is 6.07 Å². The third kappa shape index (κ3) is 4.94. The number of carbonyl (C=O) groups is 2. The Kier molecular flexibility index (Phi) is 7.37. The van der Waals surface area contributed by atoms with Crippen LogP contribution in [0.5, 0.6) is 0 Å². The van der Waals surface area contributed by atoms with Crippen molar-refractivity contribution in [2.75, 3.05) is 43.1 Å². The van der Waals surface area contributed by atoms with E-state index in [2.05, 4.69) is 10.2 Å². The molecule has 0 unspecified atom stereocenters. The van der Waals surface area contributed by atoms with Gasteiger partial charge in [0, 0.05) is 42.6 Å². The van der Waals surface area contributed by atoms with Gasteiger partial charge < -0.3 is 20.7 Å². The fraction of sp³-hybridized carbons (Fsp3) is 0.652. The second kappa shape index (κ2) is 10.2. The highest BCUT2D eigenvalue weighted by atomic mass is 19.3. The number of nitrogens with two attached hydrogens (primary N) is 1. The van der Waals surface area contributed by atoms with Crippen LogP contribution in [-0.2, 0) is 14.3 Å². The highest BCUT2D eigenvalue weighted by Gasteiger charge is 2.36. The van der Waals surface area contributed by atoms with Crippen LogP contribution >= 0.6 is 0 Å². The minimum Gasteiger partial charge on any atom is -0.370 e. The van der Waals surface area contributed by atoms with Crippen LogP contribution in [0.2, 0.25) is 0 Å². The van der Waals surface area contributed by atoms with Crippen molar-refractivity contribution in [2.45, 2.75) is 57.0 Å². The summed E-state index contributed by atoms with van der Waals surface area (Å²) in [5.41, 5.74) is 6.14. The van der Waals surface area contributed by atoms with E-state index in [9.17, 15) is 18.4 Å². The zero-order valence-corrected chi connectivity index (χ0v) is 18.3. The molecule has 1 aliphatic heterocycles. The van der Waals surface area contributed by atoms with Crippen LogP contribution in [0.1, 0.15) is 50.5 Å². The molecule has 1 aromatic rings. The molecule has 3 fully saturated rings. The molecule has 2 aliphatic carbocycles. The fourth-order valence-corrected chi connectivity index (χ4v) is 4.64. The summed E-state index contributed by atoms with van der Waals surface area (Å²) in [6.07, 6.45) is 3.98. The summed E-state index contributed by atoms with van der Waals surface area (Å²) in [7, 11) is 0. The Hall–Kier alpha value is -2.10. The van der Waals surface area contributed by atoms with Crippen molar-refractivity contribution in [1.29, 1.82) is 0 Å². The van der Waals surface area contributed by atoms with Crippen molar-refractivity contribution in [3.05, 3.63) is 23.8 Å². The van der Waals surface area contributed by atoms with Gasteiger partial charge in [0.15, 0.2) is 0 Å². The van der Waals surface area contributed by atoms with E-state index in [-0.39, 0.29) is 36.2 Å². The molecule has 2 amide bonds. The highest BCUT2D eigenvalue weighted by Crippen LogP contribution is 2.34. The number of benzene rings is 1. The molecule has 1 aromatic carbocycles. The molecule has 1 atom stereocenters. The lowest BCUT2D eigenvalue weighted by Crippen LogP contribution is -2.56. The monoisotopic (exact) mass is 450 g/mol. The van der Waals surface area contributed by atoms with Gasteiger partial charge in [-0.1, -0.05) is 12.8 Å². The van der Waals surface area contributed by atoms with Crippen molar-refractivity contribution in [3.63, 3.8) is 0 Å². The van der Waals surface area contributed by atoms with Crippen molar-refractivity contribution in [1.82, 2.24) is 4.90 Å². The average Bonchev–Trinajstić information content (AvgIpc) is 2.70. The van der Waals surface area contributed by atoms with Gasteiger partial charge in [0.05, 0.1) is 6.61 Å². The van der Waals surface area contributed by atoms with Crippen LogP contribution < -0.4 is 16.0 Å². The number of halogens is 2. The molecule has 7 nitrogen and oxygen atoms in total. The Bertz CT molecular complexity index is 829. The molecule has 9 heteroatoms. The number of alkyl halides is 2. The first kappa shape index (κ1) is 23.1. The van der Waals surface area contributed by atoms with E-state index in [0.717, 1.165) is 25.8 Å². The Morgan fingerprint density at radius 2 is 2.00 bits per heavy atom. The summed E-state index contributed by atoms with van der Waals surface area (Å²) in [6, 6.07) is 4.09. The minimum absolute atomic E-state index is 0.0603. The highest BCUT2D eigenvalue weighted by molar-refractivity contribution is 5.97. The standard InChI is InChI=1S/C23H32F2N4O3/c24-22(25)18-11-17(28-9-10-32-14-21(28)30)7-8-19(18)27-23(31)20(12-26)29(16-5-2-6-16)13-15-3-1-4-15/h7-8,11,15-16,20,22H,1-6,9-10,12-14,26H2,(H,27,31)/t20-/m0/s1. The fourth-order valence-electron chi connectivity index (χ4n) is 4.64. The molecule has 1 heterocycles. The van der Waals surface area contributed by atoms with Gasteiger partial charge in [-0.05, 0) is 49.8 Å². The lowest BCUT2D eigenvalue weighted by Gasteiger charge is -2.44. The number of rotatable bonds is 9. The van der Waals surface area contributed by atoms with Crippen LogP contribution in [0.4, 0.5) is 20.2 Å². The number of hydrogen-bond acceptors (Lipinski definition) is 5. The Labute approximate surface area is 187 Å². The van der Waals surface area contributed by atoms with Crippen molar-refractivity contribution in [3.8, 4) is 0 Å². The normalized spacial score (nSPS) is 20.9. The van der Waals surface area contributed by atoms with E-state index in [1.165, 1.54) is 36.3 Å². The van der Waals surface area contributed by atoms with E-state index in [1.807, 2.05) is 0 Å². The average molecular weight is 451 g/mol. The van der Waals surface area contributed by atoms with Gasteiger partial charge >= 0.3 is 0 Å². The van der Waals surface area contributed by atoms with E-state index in [0.29, 0.717) is 30.8 Å². The molecule has 3 aliphatic rings. The third-order valence-electron chi connectivity index (χ3n) is 6.99. The number of nitrogens with zero attached hydrogens (tertiary/aromatic N) is 2. The van der Waals surface area contributed by atoms with Crippen molar-refractivity contribution < 1.29 is 23.1 Å². The lowest BCUT2D eigenvalue weighted by atomic mass is 9.82. The summed E-state index contributed by atoms with van der Waals surface area (Å²) in [6.45, 7) is 1.56. The number of nitrogens with one attached hydrogen (secondary N) is 1. The summed E-state index contributed by atoms with van der Waals surface area (Å²) >= 11 is 0. The first-order chi connectivity index (χ1) is 15.5. The Morgan fingerprint density at radius 1 is 1.25 bits per heavy atom. The summed E-state index contributed by atoms with van der Waals surface area (Å²) in [5.74, 6) is -0.0428. The number of amides is 2. The molecule has 176 valence electrons. The largest absolute Gasteiger partial charge is 0.370 e. The van der Waals surface area contributed by atoms with Gasteiger partial charge in [-0.2, -0.15) is 0 Å². The van der Waals surface area contributed by atoms with Gasteiger partial charge in [-0.3, -0.25) is 14.5 Å². The van der Waals surface area contributed by atoms with Gasteiger partial charge in [-0.15, -0.1) is 0 Å². The topological polar surface area (TPSA) is 87.9 Å². The molecule has 32 heavy (non-hydrogen) atoms. The summed E-state index contributed by atoms with van der Waals surface area (Å²) in [4.78, 5) is 28.9. The number of morpholine rings is 1. The Balaban J connectivity index is 1.51. The second-order valence-electron chi connectivity index (χ2n) is 8.99. The second-order valence-corrected chi connectivity index (χ2v) is 8.99. The number of hydrogen-bond donors (Lipinski definition) is 2. The van der Waals surface area contributed by atoms with Crippen LogP contribution in [0, 0.1) is 5.92 Å². The van der Waals surface area contributed by atoms with Crippen LogP contribution in [0.25, 0.3) is 0 Å². The third-order valence-corrected chi connectivity index (χ3v) is 6.99. The minimum atomic E-state index is -2.80. The molecule has 1 saturated heterocycles. The predicted octanol–water partition coefficient (Wildman–Crippen LogP) is 2.91. The van der Waals surface area contributed by atoms with Crippen LogP contribution in [-0.4, -0.2) is 61.6 Å². The zero-order valence-electron chi connectivity index (χ0n) is 18.3. The SMILES string of the molecule is NC[C@@H](C(=O)Nc1ccc(N2CCOCC2=O)cc1C(F)F)N(CC1CCC1)C1CCC1. The number of carbonyl (C=O) groups excluding carboxylic acids is 2. The molecule has 4 rings (SSSR count). The van der Waals surface area contributed by atoms with Crippen LogP contribution in [0.15, 0.2) is 18.2 Å². The molecule has 0 radical (unpaired) electrons. The number of ether oxygens (including phenoxy) is 1. The number of anilines is 2. The molecule has 0 aromatic heterocycles. The van der Waals surface area contributed by atoms with Gasteiger partial charge in [0.25, 0.3) is 12.3 Å². The van der Waals surface area contributed by atoms with Crippen molar-refractivity contribution in [2.24, 2.45) is 11.7 Å². The maximum Gasteiger partial charge on any atom is 0.265 e. The molecule has 2 saturated carbocycles. The van der Waals surface area contributed by atoms with E-state index in [4.69, 9.17) is 10.5 Å². The molecular formula is C23H32F2N4O3. The quantitative estimate of drug-likeness (QED) is 0.604. The van der Waals surface area contributed by atoms with Gasteiger partial charge in [0.1, 0.15) is 12.6 Å². The first-order valence-electron chi connectivity index (χ1n) is 11.5. The maximum absolute atomic E-state index is 13.9. The van der Waals surface area contributed by atoms with Crippen LogP contribution in [0.3, 0.4) is 0 Å². The van der Waals surface area contributed by atoms with Gasteiger partial charge in [-0.25, -0.2) is 8.78 Å². The van der Waals surface area contributed by atoms with Crippen molar-refractivity contribution >= 4 is 23.2 Å². The summed E-state index contributed by atoms with van der Waals surface area (Å²) in [5, 5.41) is 2.71. The lowest BCUT2D eigenvalue weighted by molar-refractivity contribution is -0.125. The first-order valence-corrected chi connectivity index (χ1v) is 11.5. The van der Waals surface area contributed by atoms with E-state index < -0.39 is 12.5 Å². The molecule has 0 spiro atoms. The predicted molar refractivity (Wildman–Crippen MR) is 118 cm³/mol. The smallest absolute Gasteiger partial charge is 0.265 e. The Morgan fingerprint density at radius 3 is 2.56 bits per heavy atom. The molecule has 0 bridgehead atoms. The van der Waals surface area contributed by atoms with E-state index >= 15 is 0 Å². The summed E-state index contributed by atoms with van der Waals surface area (Å²) < 4.78 is 32.8. The maximum atomic E-state index is 13.9.